The van der Waals surface area contributed by atoms with E-state index in [4.69, 9.17) is 14.2 Å². The molecule has 0 aromatic heterocycles. The summed E-state index contributed by atoms with van der Waals surface area (Å²) in [5.41, 5.74) is 1.01. The van der Waals surface area contributed by atoms with E-state index in [1.807, 2.05) is 45.0 Å². The van der Waals surface area contributed by atoms with E-state index < -0.39 is 21.7 Å². The Balaban J connectivity index is 1.56. The zero-order valence-electron chi connectivity index (χ0n) is 22.5. The number of carbonyl (C=O) groups excluding carboxylic acids is 1. The van der Waals surface area contributed by atoms with Crippen LogP contribution < -0.4 is 29.6 Å². The van der Waals surface area contributed by atoms with Gasteiger partial charge in [-0.15, -0.1) is 0 Å². The number of fused-ring (bicyclic) bond motifs is 1. The van der Waals surface area contributed by atoms with E-state index in [2.05, 4.69) is 15.4 Å². The summed E-state index contributed by atoms with van der Waals surface area (Å²) in [5, 5.41) is 16.6. The molecule has 1 heterocycles. The molecule has 0 radical (unpaired) electrons. The second-order valence-corrected chi connectivity index (χ2v) is 11.8. The SMILES string of the molecule is CCCCS(=O)(=O)Nc1ccc(OCC(O)CNC(C)(C)COc2ccc(OC)cc2)c2c1NC(=O)CC2. The lowest BCUT2D eigenvalue weighted by atomic mass is 10.0. The molecule has 1 unspecified atom stereocenters. The average molecular weight is 550 g/mol. The summed E-state index contributed by atoms with van der Waals surface area (Å²) >= 11 is 0. The number of nitrogens with one attached hydrogen (secondary N) is 3. The molecule has 0 fully saturated rings. The Bertz CT molecular complexity index is 1180. The molecule has 1 aliphatic rings. The van der Waals surface area contributed by atoms with E-state index in [1.54, 1.807) is 19.2 Å². The van der Waals surface area contributed by atoms with Crippen molar-refractivity contribution < 1.29 is 32.5 Å². The van der Waals surface area contributed by atoms with E-state index >= 15 is 0 Å². The van der Waals surface area contributed by atoms with Crippen molar-refractivity contribution in [3.8, 4) is 17.2 Å². The van der Waals surface area contributed by atoms with E-state index in [0.717, 1.165) is 17.9 Å². The Morgan fingerprint density at radius 2 is 1.79 bits per heavy atom. The Morgan fingerprint density at radius 3 is 2.47 bits per heavy atom. The van der Waals surface area contributed by atoms with Crippen LogP contribution in [0.2, 0.25) is 0 Å². The molecule has 0 saturated heterocycles. The molecule has 0 saturated carbocycles. The zero-order chi connectivity index (χ0) is 27.8. The van der Waals surface area contributed by atoms with Crippen LogP contribution in [-0.2, 0) is 21.2 Å². The van der Waals surface area contributed by atoms with Crippen molar-refractivity contribution in [1.82, 2.24) is 5.32 Å². The number of hydrogen-bond donors (Lipinski definition) is 4. The van der Waals surface area contributed by atoms with Crippen LogP contribution in [0.5, 0.6) is 17.2 Å². The molecule has 0 bridgehead atoms. The van der Waals surface area contributed by atoms with E-state index in [9.17, 15) is 18.3 Å². The monoisotopic (exact) mass is 549 g/mol. The van der Waals surface area contributed by atoms with E-state index in [-0.39, 0.29) is 31.2 Å². The van der Waals surface area contributed by atoms with Gasteiger partial charge >= 0.3 is 0 Å². The van der Waals surface area contributed by atoms with Gasteiger partial charge in [0.1, 0.15) is 36.6 Å². The summed E-state index contributed by atoms with van der Waals surface area (Å²) in [6, 6.07) is 10.6. The molecule has 2 aromatic carbocycles. The number of sulfonamides is 1. The van der Waals surface area contributed by atoms with Crippen molar-refractivity contribution in [3.05, 3.63) is 42.0 Å². The highest BCUT2D eigenvalue weighted by Gasteiger charge is 2.25. The highest BCUT2D eigenvalue weighted by molar-refractivity contribution is 7.92. The number of aliphatic hydroxyl groups is 1. The van der Waals surface area contributed by atoms with Crippen molar-refractivity contribution in [3.63, 3.8) is 0 Å². The Labute approximate surface area is 225 Å². The highest BCUT2D eigenvalue weighted by atomic mass is 32.2. The fourth-order valence-electron chi connectivity index (χ4n) is 3.86. The number of amides is 1. The van der Waals surface area contributed by atoms with Gasteiger partial charge in [-0.1, -0.05) is 13.3 Å². The largest absolute Gasteiger partial charge is 0.497 e. The van der Waals surface area contributed by atoms with Crippen LogP contribution in [0.15, 0.2) is 36.4 Å². The first kappa shape index (κ1) is 29.5. The van der Waals surface area contributed by atoms with Gasteiger partial charge in [0.25, 0.3) is 0 Å². The number of benzene rings is 2. The van der Waals surface area contributed by atoms with Gasteiger partial charge in [-0.25, -0.2) is 8.42 Å². The molecule has 38 heavy (non-hydrogen) atoms. The second kappa shape index (κ2) is 13.2. The minimum atomic E-state index is -3.54. The maximum atomic E-state index is 12.4. The van der Waals surface area contributed by atoms with E-state index in [1.165, 1.54) is 0 Å². The van der Waals surface area contributed by atoms with Crippen molar-refractivity contribution in [2.75, 3.05) is 42.7 Å². The summed E-state index contributed by atoms with van der Waals surface area (Å²) in [4.78, 5) is 12.1. The third-order valence-corrected chi connectivity index (χ3v) is 7.43. The molecule has 1 amide bonds. The lowest BCUT2D eigenvalue weighted by Crippen LogP contribution is -2.48. The molecule has 210 valence electrons. The van der Waals surface area contributed by atoms with Crippen LogP contribution in [0.25, 0.3) is 0 Å². The number of anilines is 2. The zero-order valence-corrected chi connectivity index (χ0v) is 23.3. The Kier molecular flexibility index (Phi) is 10.2. The molecule has 2 aromatic rings. The summed E-state index contributed by atoms with van der Waals surface area (Å²) < 4.78 is 44.3. The number of ether oxygens (including phenoxy) is 3. The number of unbranched alkanes of at least 4 members (excludes halogenated alkanes) is 1. The summed E-state index contributed by atoms with van der Waals surface area (Å²) in [6.07, 6.45) is 1.16. The molecule has 0 spiro atoms. The lowest BCUT2D eigenvalue weighted by molar-refractivity contribution is -0.116. The number of rotatable bonds is 15. The second-order valence-electron chi connectivity index (χ2n) is 9.98. The van der Waals surface area contributed by atoms with Crippen molar-refractivity contribution in [1.29, 1.82) is 0 Å². The van der Waals surface area contributed by atoms with Crippen LogP contribution in [0.3, 0.4) is 0 Å². The molecule has 4 N–H and O–H groups in total. The van der Waals surface area contributed by atoms with Crippen LogP contribution in [-0.4, -0.2) is 63.7 Å². The third kappa shape index (κ3) is 8.78. The van der Waals surface area contributed by atoms with Gasteiger partial charge in [-0.3, -0.25) is 9.52 Å². The van der Waals surface area contributed by atoms with Crippen molar-refractivity contribution in [2.24, 2.45) is 0 Å². The normalized spacial score (nSPS) is 14.3. The number of aliphatic hydroxyl groups excluding tert-OH is 1. The van der Waals surface area contributed by atoms with Gasteiger partial charge in [0.15, 0.2) is 0 Å². The number of hydrogen-bond acceptors (Lipinski definition) is 8. The third-order valence-electron chi connectivity index (χ3n) is 6.08. The molecule has 10 nitrogen and oxygen atoms in total. The van der Waals surface area contributed by atoms with Gasteiger partial charge in [0.05, 0.1) is 24.2 Å². The molecule has 1 aliphatic heterocycles. The first-order chi connectivity index (χ1) is 18.0. The summed E-state index contributed by atoms with van der Waals surface area (Å²) in [5.74, 6) is 1.79. The van der Waals surface area contributed by atoms with Crippen LogP contribution in [0.4, 0.5) is 11.4 Å². The van der Waals surface area contributed by atoms with Crippen molar-refractivity contribution >= 4 is 27.3 Å². The average Bonchev–Trinajstić information content (AvgIpc) is 2.89. The molecule has 3 rings (SSSR count). The number of methoxy groups -OCH3 is 1. The van der Waals surface area contributed by atoms with E-state index in [0.29, 0.717) is 42.1 Å². The van der Waals surface area contributed by atoms with Crippen LogP contribution in [0.1, 0.15) is 45.6 Å². The first-order valence-corrected chi connectivity index (χ1v) is 14.5. The van der Waals surface area contributed by atoms with Crippen molar-refractivity contribution in [2.45, 2.75) is 58.1 Å². The fourth-order valence-corrected chi connectivity index (χ4v) is 5.14. The van der Waals surface area contributed by atoms with Gasteiger partial charge in [-0.05, 0) is 63.1 Å². The van der Waals surface area contributed by atoms with Gasteiger partial charge in [-0.2, -0.15) is 0 Å². The summed E-state index contributed by atoms with van der Waals surface area (Å²) in [6.45, 7) is 6.55. The smallest absolute Gasteiger partial charge is 0.232 e. The molecule has 11 heteroatoms. The minimum Gasteiger partial charge on any atom is -0.497 e. The minimum absolute atomic E-state index is 0.00511. The van der Waals surface area contributed by atoms with Gasteiger partial charge in [0, 0.05) is 24.1 Å². The topological polar surface area (TPSA) is 135 Å². The van der Waals surface area contributed by atoms with Crippen LogP contribution >= 0.6 is 0 Å². The lowest BCUT2D eigenvalue weighted by Gasteiger charge is -2.28. The quantitative estimate of drug-likeness (QED) is 0.266. The predicted octanol–water partition coefficient (Wildman–Crippen LogP) is 3.31. The number of carbonyl (C=O) groups is 1. The number of β-amino-alcohol motifs (C(OH)–C–C–N with tert-alkyl or cyclic N) is 1. The molecular weight excluding hydrogens is 510 g/mol. The maximum Gasteiger partial charge on any atom is 0.232 e. The van der Waals surface area contributed by atoms with Crippen LogP contribution in [0, 0.1) is 0 Å². The maximum absolute atomic E-state index is 12.4. The van der Waals surface area contributed by atoms with Gasteiger partial charge in [0.2, 0.25) is 15.9 Å². The fraction of sp³-hybridized carbons (Fsp3) is 0.519. The van der Waals surface area contributed by atoms with Gasteiger partial charge < -0.3 is 30.0 Å². The molecule has 1 atom stereocenters. The summed E-state index contributed by atoms with van der Waals surface area (Å²) in [7, 11) is -1.93. The standard InChI is InChI=1S/C27H39N3O7S/c1-5-6-15-38(33,34)30-23-12-13-24(22-11-14-25(32)29-26(22)23)36-17-19(31)16-28-27(2,3)18-37-21-9-7-20(35-4)8-10-21/h7-10,12-13,19,28,30-31H,5-6,11,14-18H2,1-4H3,(H,29,32). The predicted molar refractivity (Wildman–Crippen MR) is 148 cm³/mol. The molecule has 0 aliphatic carbocycles. The molecular formula is C27H39N3O7S. The first-order valence-electron chi connectivity index (χ1n) is 12.8. The Morgan fingerprint density at radius 1 is 1.08 bits per heavy atom. The Hall–Kier alpha value is -3.02. The highest BCUT2D eigenvalue weighted by Crippen LogP contribution is 2.38.